The topological polar surface area (TPSA) is 102 Å². The van der Waals surface area contributed by atoms with Crippen LogP contribution in [0.5, 0.6) is 0 Å². The highest BCUT2D eigenvalue weighted by Gasteiger charge is 2.56. The zero-order valence-electron chi connectivity index (χ0n) is 29.3. The van der Waals surface area contributed by atoms with E-state index in [1.165, 1.54) is 0 Å². The maximum Gasteiger partial charge on any atom is 0.346 e. The molecule has 0 unspecified atom stereocenters. The molecule has 3 aliphatic rings. The van der Waals surface area contributed by atoms with Gasteiger partial charge in [0.25, 0.3) is 0 Å². The lowest BCUT2D eigenvalue weighted by molar-refractivity contribution is -0.440. The quantitative estimate of drug-likeness (QED) is 0.119. The van der Waals surface area contributed by atoms with Crippen molar-refractivity contribution in [2.45, 2.75) is 83.2 Å². The number of carbonyl (C=O) groups is 1. The molecule has 0 saturated carbocycles. The third-order valence-electron chi connectivity index (χ3n) is 9.27. The summed E-state index contributed by atoms with van der Waals surface area (Å²) < 4.78 is 44.0. The third kappa shape index (κ3) is 9.97. The number of ketones is 1. The van der Waals surface area contributed by atoms with E-state index in [-0.39, 0.29) is 31.7 Å². The van der Waals surface area contributed by atoms with E-state index in [0.717, 1.165) is 22.3 Å². The van der Waals surface area contributed by atoms with Gasteiger partial charge in [0.2, 0.25) is 5.78 Å². The van der Waals surface area contributed by atoms with Crippen molar-refractivity contribution < 1.29 is 43.1 Å². The van der Waals surface area contributed by atoms with E-state index in [9.17, 15) is 9.90 Å². The van der Waals surface area contributed by atoms with Crippen LogP contribution in [0.25, 0.3) is 0 Å². The first-order chi connectivity index (χ1) is 24.8. The van der Waals surface area contributed by atoms with Crippen LogP contribution in [0, 0.1) is 5.41 Å². The lowest BCUT2D eigenvalue weighted by Gasteiger charge is -2.49. The summed E-state index contributed by atoms with van der Waals surface area (Å²) in [6.07, 6.45) is -4.93. The minimum absolute atomic E-state index is 0.152. The second-order valence-corrected chi connectivity index (χ2v) is 13.7. The van der Waals surface area contributed by atoms with Gasteiger partial charge in [-0.25, -0.2) is 0 Å². The van der Waals surface area contributed by atoms with Gasteiger partial charge in [-0.05, 0) is 29.2 Å². The van der Waals surface area contributed by atoms with Crippen LogP contribution in [-0.2, 0) is 64.4 Å². The number of Topliss-reactive ketones (excluding diaryl/α,β-unsaturated/α-hetero) is 1. The smallest absolute Gasteiger partial charge is 0.346 e. The van der Waals surface area contributed by atoms with Gasteiger partial charge in [-0.3, -0.25) is 4.79 Å². The first-order valence-electron chi connectivity index (χ1n) is 17.6. The summed E-state index contributed by atoms with van der Waals surface area (Å²) in [7, 11) is 0. The summed E-state index contributed by atoms with van der Waals surface area (Å²) >= 11 is 0. The SMILES string of the molecule is C[C@H](OCc1ccccc1)[C@H](OCc1ccccc1)[C@@H](OCc1ccccc1)[C@@H](OCc1ccccc1)[C@@H](O)CC(=O)C12OCC(C)(CO1)CO2. The van der Waals surface area contributed by atoms with Crippen LogP contribution < -0.4 is 0 Å². The number of ether oxygens (including phenoxy) is 7. The van der Waals surface area contributed by atoms with Gasteiger partial charge in [0.15, 0.2) is 0 Å². The Morgan fingerprint density at radius 2 is 0.941 bits per heavy atom. The summed E-state index contributed by atoms with van der Waals surface area (Å²) in [4.78, 5) is 13.9. The van der Waals surface area contributed by atoms with E-state index in [1.54, 1.807) is 0 Å². The molecule has 9 heteroatoms. The Labute approximate surface area is 300 Å². The lowest BCUT2D eigenvalue weighted by atomic mass is 9.90. The highest BCUT2D eigenvalue weighted by molar-refractivity contribution is 5.85. The van der Waals surface area contributed by atoms with Crippen molar-refractivity contribution in [3.8, 4) is 0 Å². The Hall–Kier alpha value is -3.77. The van der Waals surface area contributed by atoms with Crippen molar-refractivity contribution in [2.24, 2.45) is 5.41 Å². The number of aliphatic hydroxyl groups is 1. The fourth-order valence-electron chi connectivity index (χ4n) is 6.23. The molecule has 0 amide bonds. The minimum Gasteiger partial charge on any atom is -0.390 e. The molecule has 3 fully saturated rings. The Morgan fingerprint density at radius 1 is 0.588 bits per heavy atom. The van der Waals surface area contributed by atoms with Gasteiger partial charge in [-0.15, -0.1) is 0 Å². The number of aliphatic hydroxyl groups excluding tert-OH is 1. The van der Waals surface area contributed by atoms with E-state index >= 15 is 0 Å². The average molecular weight is 697 g/mol. The Bertz CT molecular complexity index is 1600. The Kier molecular flexibility index (Phi) is 12.8. The van der Waals surface area contributed by atoms with Crippen molar-refractivity contribution in [1.29, 1.82) is 0 Å². The number of rotatable bonds is 19. The molecule has 51 heavy (non-hydrogen) atoms. The van der Waals surface area contributed by atoms with Crippen molar-refractivity contribution in [2.75, 3.05) is 19.8 Å². The Balaban J connectivity index is 1.31. The molecular weight excluding hydrogens is 648 g/mol. The second kappa shape index (κ2) is 17.6. The van der Waals surface area contributed by atoms with Crippen LogP contribution >= 0.6 is 0 Å². The zero-order valence-corrected chi connectivity index (χ0v) is 29.3. The van der Waals surface area contributed by atoms with Crippen molar-refractivity contribution >= 4 is 5.78 Å². The fourth-order valence-corrected chi connectivity index (χ4v) is 6.23. The number of carbonyl (C=O) groups excluding carboxylic acids is 1. The number of hydrogen-bond donors (Lipinski definition) is 1. The molecule has 0 aromatic heterocycles. The summed E-state index contributed by atoms with van der Waals surface area (Å²) in [6.45, 7) is 5.81. The Morgan fingerprint density at radius 3 is 1.35 bits per heavy atom. The number of hydrogen-bond acceptors (Lipinski definition) is 9. The molecule has 3 heterocycles. The normalized spacial score (nSPS) is 22.9. The molecule has 2 bridgehead atoms. The van der Waals surface area contributed by atoms with Crippen LogP contribution in [-0.4, -0.2) is 67.2 Å². The third-order valence-corrected chi connectivity index (χ3v) is 9.27. The van der Waals surface area contributed by atoms with Gasteiger partial charge >= 0.3 is 5.97 Å². The standard InChI is InChI=1S/C42H48O9/c1-31(45-24-32-15-7-3-8-16-32)38(46-25-33-17-9-4-10-18-33)40(48-27-35-21-13-6-14-22-35)39(47-26-34-19-11-5-12-20-34)36(43)23-37(44)42-49-28-41(2,29-50-42)30-51-42/h3-22,31,36,38-40,43H,23-30H2,1-2H3/t31-,36-,38-,39-,40+,41?,42?/m0/s1. The molecule has 5 atom stereocenters. The summed E-state index contributed by atoms with van der Waals surface area (Å²) in [6, 6.07) is 39.2. The number of fused-ring (bicyclic) bond motifs is 3. The lowest BCUT2D eigenvalue weighted by Crippen LogP contribution is -2.63. The van der Waals surface area contributed by atoms with Crippen LogP contribution in [0.4, 0.5) is 0 Å². The van der Waals surface area contributed by atoms with Crippen molar-refractivity contribution in [3.05, 3.63) is 144 Å². The highest BCUT2D eigenvalue weighted by atomic mass is 16.9. The molecule has 7 rings (SSSR count). The second-order valence-electron chi connectivity index (χ2n) is 13.7. The molecule has 4 aromatic rings. The van der Waals surface area contributed by atoms with Gasteiger partial charge in [0, 0.05) is 11.8 Å². The first kappa shape index (κ1) is 37.0. The first-order valence-corrected chi connectivity index (χ1v) is 17.6. The van der Waals surface area contributed by atoms with Gasteiger partial charge in [0.05, 0.1) is 58.5 Å². The van der Waals surface area contributed by atoms with Crippen molar-refractivity contribution in [3.63, 3.8) is 0 Å². The predicted octanol–water partition coefficient (Wildman–Crippen LogP) is 6.41. The van der Waals surface area contributed by atoms with E-state index in [4.69, 9.17) is 33.2 Å². The molecule has 9 nitrogen and oxygen atoms in total. The highest BCUT2D eigenvalue weighted by Crippen LogP contribution is 2.39. The van der Waals surface area contributed by atoms with Gasteiger partial charge in [-0.2, -0.15) is 0 Å². The van der Waals surface area contributed by atoms with Crippen LogP contribution in [0.2, 0.25) is 0 Å². The summed E-state index contributed by atoms with van der Waals surface area (Å²) in [5.41, 5.74) is 3.47. The molecule has 270 valence electrons. The molecule has 0 spiro atoms. The molecular formula is C42H48O9. The van der Waals surface area contributed by atoms with E-state index < -0.39 is 42.3 Å². The molecule has 0 aliphatic carbocycles. The van der Waals surface area contributed by atoms with Gasteiger partial charge in [0.1, 0.15) is 18.3 Å². The van der Waals surface area contributed by atoms with E-state index in [1.807, 2.05) is 135 Å². The summed E-state index contributed by atoms with van der Waals surface area (Å²) in [5.74, 6) is -2.39. The molecule has 1 N–H and O–H groups in total. The fraction of sp³-hybridized carbons (Fsp3) is 0.405. The van der Waals surface area contributed by atoms with Crippen LogP contribution in [0.1, 0.15) is 42.5 Å². The van der Waals surface area contributed by atoms with E-state index in [0.29, 0.717) is 26.4 Å². The van der Waals surface area contributed by atoms with Gasteiger partial charge in [-0.1, -0.05) is 128 Å². The van der Waals surface area contributed by atoms with Crippen molar-refractivity contribution in [1.82, 2.24) is 0 Å². The summed E-state index contributed by atoms with van der Waals surface area (Å²) in [5, 5.41) is 12.1. The maximum atomic E-state index is 13.9. The van der Waals surface area contributed by atoms with E-state index in [2.05, 4.69) is 0 Å². The molecule has 3 saturated heterocycles. The average Bonchev–Trinajstić information content (AvgIpc) is 3.18. The van der Waals surface area contributed by atoms with Gasteiger partial charge < -0.3 is 38.3 Å². The monoisotopic (exact) mass is 696 g/mol. The maximum absolute atomic E-state index is 13.9. The zero-order chi connectivity index (χ0) is 35.5. The molecule has 3 aliphatic heterocycles. The minimum atomic E-state index is -1.86. The predicted molar refractivity (Wildman–Crippen MR) is 190 cm³/mol. The molecule has 0 radical (unpaired) electrons. The van der Waals surface area contributed by atoms with Crippen LogP contribution in [0.15, 0.2) is 121 Å². The number of benzene rings is 4. The largest absolute Gasteiger partial charge is 0.390 e. The van der Waals surface area contributed by atoms with Crippen LogP contribution in [0.3, 0.4) is 0 Å². The molecule has 4 aromatic carbocycles.